The van der Waals surface area contributed by atoms with Crippen molar-refractivity contribution >= 4 is 34.1 Å². The molecule has 0 saturated heterocycles. The monoisotopic (exact) mass is 400 g/mol. The Balaban J connectivity index is 1.71. The van der Waals surface area contributed by atoms with Crippen molar-refractivity contribution in [3.63, 3.8) is 0 Å². The number of thioether (sulfide) groups is 1. The zero-order valence-electron chi connectivity index (χ0n) is 15.1. The number of thiazole rings is 1. The molecule has 0 bridgehead atoms. The first kappa shape index (κ1) is 19.4. The van der Waals surface area contributed by atoms with Gasteiger partial charge in [0.2, 0.25) is 0 Å². The predicted molar refractivity (Wildman–Crippen MR) is 111 cm³/mol. The maximum atomic E-state index is 12.6. The van der Waals surface area contributed by atoms with Gasteiger partial charge in [-0.05, 0) is 30.5 Å². The third-order valence-corrected chi connectivity index (χ3v) is 5.29. The lowest BCUT2D eigenvalue weighted by Gasteiger charge is -2.10. The van der Waals surface area contributed by atoms with Gasteiger partial charge in [0.05, 0.1) is 17.9 Å². The second-order valence-corrected chi connectivity index (χ2v) is 7.30. The summed E-state index contributed by atoms with van der Waals surface area (Å²) in [6.45, 7) is 0.843. The van der Waals surface area contributed by atoms with E-state index in [0.717, 1.165) is 11.3 Å². The van der Waals surface area contributed by atoms with Crippen LogP contribution < -0.4 is 10.1 Å². The Morgan fingerprint density at radius 1 is 1.15 bits per heavy atom. The number of aromatic nitrogens is 1. The third-order valence-electron chi connectivity index (χ3n) is 3.79. The van der Waals surface area contributed by atoms with Crippen LogP contribution in [0.5, 0.6) is 5.75 Å². The van der Waals surface area contributed by atoms with Crippen LogP contribution >= 0.6 is 23.1 Å². The molecule has 5 nitrogen and oxygen atoms in total. The number of anilines is 1. The molecule has 1 N–H and O–H groups in total. The highest BCUT2D eigenvalue weighted by atomic mass is 32.2. The molecule has 1 amide bonds. The molecule has 1 heterocycles. The lowest BCUT2D eigenvalue weighted by molar-refractivity contribution is 0.101. The summed E-state index contributed by atoms with van der Waals surface area (Å²) in [4.78, 5) is 18.4. The summed E-state index contributed by atoms with van der Waals surface area (Å²) in [7, 11) is 1.61. The van der Waals surface area contributed by atoms with Crippen molar-refractivity contribution in [2.75, 3.05) is 31.9 Å². The van der Waals surface area contributed by atoms with Gasteiger partial charge in [0.15, 0.2) is 5.13 Å². The van der Waals surface area contributed by atoms with Crippen molar-refractivity contribution in [1.29, 1.82) is 0 Å². The summed E-state index contributed by atoms with van der Waals surface area (Å²) in [5.74, 6) is 0.276. The Morgan fingerprint density at radius 2 is 1.93 bits per heavy atom. The third kappa shape index (κ3) is 5.09. The Kier molecular flexibility index (Phi) is 6.86. The number of amides is 1. The molecule has 0 atom stereocenters. The number of benzene rings is 2. The van der Waals surface area contributed by atoms with E-state index in [-0.39, 0.29) is 5.91 Å². The normalized spacial score (nSPS) is 10.6. The highest BCUT2D eigenvalue weighted by Gasteiger charge is 2.14. The molecule has 0 aliphatic rings. The number of carbonyl (C=O) groups excluding carboxylic acids is 1. The molecule has 0 radical (unpaired) electrons. The second-order valence-electron chi connectivity index (χ2n) is 5.56. The molecule has 0 unspecified atom stereocenters. The molecule has 1 aromatic heterocycles. The molecule has 27 heavy (non-hydrogen) atoms. The van der Waals surface area contributed by atoms with Crippen molar-refractivity contribution in [2.24, 2.45) is 0 Å². The van der Waals surface area contributed by atoms with Gasteiger partial charge in [-0.2, -0.15) is 0 Å². The van der Waals surface area contributed by atoms with Crippen molar-refractivity contribution in [3.05, 3.63) is 59.5 Å². The number of methoxy groups -OCH3 is 1. The number of hydrogen-bond donors (Lipinski definition) is 1. The maximum absolute atomic E-state index is 12.6. The largest absolute Gasteiger partial charge is 0.490 e. The van der Waals surface area contributed by atoms with E-state index in [2.05, 4.69) is 22.4 Å². The molecule has 0 spiro atoms. The molecule has 3 aromatic rings. The number of para-hydroxylation sites is 1. The quantitative estimate of drug-likeness (QED) is 0.434. The maximum Gasteiger partial charge on any atom is 0.261 e. The van der Waals surface area contributed by atoms with Crippen molar-refractivity contribution in [1.82, 2.24) is 4.98 Å². The smallest absolute Gasteiger partial charge is 0.261 e. The highest BCUT2D eigenvalue weighted by molar-refractivity contribution is 7.98. The summed E-state index contributed by atoms with van der Waals surface area (Å²) in [5.41, 5.74) is 2.33. The Labute approximate surface area is 166 Å². The fourth-order valence-electron chi connectivity index (χ4n) is 2.41. The first-order valence-electron chi connectivity index (χ1n) is 8.33. The van der Waals surface area contributed by atoms with Crippen LogP contribution in [0.3, 0.4) is 0 Å². The Hall–Kier alpha value is -2.35. The molecular weight excluding hydrogens is 380 g/mol. The number of rotatable bonds is 8. The van der Waals surface area contributed by atoms with Crippen LogP contribution in [0.4, 0.5) is 5.13 Å². The van der Waals surface area contributed by atoms with E-state index >= 15 is 0 Å². The minimum atomic E-state index is -0.248. The van der Waals surface area contributed by atoms with Crippen LogP contribution in [0.25, 0.3) is 11.3 Å². The molecule has 2 aromatic carbocycles. The Morgan fingerprint density at radius 3 is 2.67 bits per heavy atom. The van der Waals surface area contributed by atoms with E-state index in [1.165, 1.54) is 16.2 Å². The molecule has 0 aliphatic carbocycles. The topological polar surface area (TPSA) is 60.5 Å². The van der Waals surface area contributed by atoms with Gasteiger partial charge < -0.3 is 9.47 Å². The van der Waals surface area contributed by atoms with Gasteiger partial charge in [0, 0.05) is 22.9 Å². The van der Waals surface area contributed by atoms with Crippen molar-refractivity contribution in [3.8, 4) is 17.0 Å². The molecule has 140 valence electrons. The lowest BCUT2D eigenvalue weighted by atomic mass is 10.2. The lowest BCUT2D eigenvalue weighted by Crippen LogP contribution is -2.14. The van der Waals surface area contributed by atoms with Gasteiger partial charge in [-0.15, -0.1) is 23.1 Å². The summed E-state index contributed by atoms with van der Waals surface area (Å²) in [6, 6.07) is 15.3. The minimum absolute atomic E-state index is 0.248. The number of ether oxygens (including phenoxy) is 2. The number of hydrogen-bond acceptors (Lipinski definition) is 6. The molecule has 0 aliphatic heterocycles. The van der Waals surface area contributed by atoms with Gasteiger partial charge in [-0.25, -0.2) is 4.98 Å². The van der Waals surface area contributed by atoms with Crippen molar-refractivity contribution in [2.45, 2.75) is 4.90 Å². The van der Waals surface area contributed by atoms with Crippen LogP contribution in [0.15, 0.2) is 58.8 Å². The molecule has 7 heteroatoms. The predicted octanol–water partition coefficient (Wildman–Crippen LogP) is 4.81. The van der Waals surface area contributed by atoms with Gasteiger partial charge in [-0.3, -0.25) is 10.1 Å². The average molecular weight is 401 g/mol. The van der Waals surface area contributed by atoms with Crippen LogP contribution in [0.2, 0.25) is 0 Å². The number of nitrogens with zero attached hydrogens (tertiary/aromatic N) is 1. The van der Waals surface area contributed by atoms with Gasteiger partial charge >= 0.3 is 0 Å². The molecule has 0 saturated carbocycles. The van der Waals surface area contributed by atoms with E-state index in [1.807, 2.05) is 29.8 Å². The summed E-state index contributed by atoms with van der Waals surface area (Å²) < 4.78 is 10.6. The summed E-state index contributed by atoms with van der Waals surface area (Å²) in [6.07, 6.45) is 2.04. The zero-order valence-corrected chi connectivity index (χ0v) is 16.7. The number of nitrogens with one attached hydrogen (secondary N) is 1. The van der Waals surface area contributed by atoms with Gasteiger partial charge in [-0.1, -0.05) is 24.3 Å². The molecular formula is C20H20N2O3S2. The average Bonchev–Trinajstić information content (AvgIpc) is 3.17. The molecule has 0 fully saturated rings. The van der Waals surface area contributed by atoms with E-state index in [0.29, 0.717) is 29.7 Å². The van der Waals surface area contributed by atoms with E-state index in [1.54, 1.807) is 37.1 Å². The van der Waals surface area contributed by atoms with Crippen LogP contribution in [-0.2, 0) is 4.74 Å². The second kappa shape index (κ2) is 9.55. The number of carbonyl (C=O) groups is 1. The van der Waals surface area contributed by atoms with Crippen molar-refractivity contribution < 1.29 is 14.3 Å². The van der Waals surface area contributed by atoms with E-state index in [4.69, 9.17) is 9.47 Å². The zero-order chi connectivity index (χ0) is 19.1. The van der Waals surface area contributed by atoms with E-state index < -0.39 is 0 Å². The van der Waals surface area contributed by atoms with Gasteiger partial charge in [0.25, 0.3) is 5.91 Å². The highest BCUT2D eigenvalue weighted by Crippen LogP contribution is 2.27. The standard InChI is InChI=1S/C20H20N2O3S2/c1-24-11-12-25-18-6-4-3-5-16(18)19(23)22-20-21-17(13-27-20)14-7-9-15(26-2)10-8-14/h3-10,13H,11-12H2,1-2H3,(H,21,22,23). The minimum Gasteiger partial charge on any atom is -0.490 e. The fourth-order valence-corrected chi connectivity index (χ4v) is 3.53. The van der Waals surface area contributed by atoms with Crippen LogP contribution in [0.1, 0.15) is 10.4 Å². The first-order chi connectivity index (χ1) is 13.2. The van der Waals surface area contributed by atoms with Crippen LogP contribution in [-0.4, -0.2) is 37.5 Å². The SMILES string of the molecule is COCCOc1ccccc1C(=O)Nc1nc(-c2ccc(SC)cc2)cs1. The summed E-state index contributed by atoms with van der Waals surface area (Å²) >= 11 is 3.09. The van der Waals surface area contributed by atoms with E-state index in [9.17, 15) is 4.79 Å². The van der Waals surface area contributed by atoms with Gasteiger partial charge in [0.1, 0.15) is 12.4 Å². The fraction of sp³-hybridized carbons (Fsp3) is 0.200. The summed E-state index contributed by atoms with van der Waals surface area (Å²) in [5, 5.41) is 5.34. The van der Waals surface area contributed by atoms with Crippen LogP contribution in [0, 0.1) is 0 Å². The first-order valence-corrected chi connectivity index (χ1v) is 10.4. The Bertz CT molecular complexity index is 894. The molecule has 3 rings (SSSR count).